The highest BCUT2D eigenvalue weighted by Gasteiger charge is 2.08. The Bertz CT molecular complexity index is 368. The van der Waals surface area contributed by atoms with Gasteiger partial charge in [-0.15, -0.1) is 0 Å². The van der Waals surface area contributed by atoms with Crippen molar-refractivity contribution in [1.82, 2.24) is 5.32 Å². The lowest BCUT2D eigenvalue weighted by molar-refractivity contribution is 0.210. The minimum Gasteiger partial charge on any atom is -0.489 e. The molecule has 1 N–H and O–H groups in total. The Labute approximate surface area is 116 Å². The molecule has 3 heteroatoms. The largest absolute Gasteiger partial charge is 0.489 e. The summed E-state index contributed by atoms with van der Waals surface area (Å²) >= 11 is 5.97. The number of hydrogen-bond acceptors (Lipinski definition) is 2. The molecule has 18 heavy (non-hydrogen) atoms. The van der Waals surface area contributed by atoms with Crippen LogP contribution in [-0.4, -0.2) is 18.7 Å². The minimum atomic E-state index is 0.140. The topological polar surface area (TPSA) is 21.3 Å². The first-order valence-corrected chi connectivity index (χ1v) is 7.07. The Morgan fingerprint density at radius 2 is 2.06 bits per heavy atom. The molecule has 0 radical (unpaired) electrons. The zero-order chi connectivity index (χ0) is 13.5. The van der Waals surface area contributed by atoms with Crippen molar-refractivity contribution in [2.24, 2.45) is 0 Å². The number of rotatable bonds is 7. The van der Waals surface area contributed by atoms with Crippen molar-refractivity contribution in [3.05, 3.63) is 28.8 Å². The standard InChI is InChI=1S/C15H24ClNO/c1-5-6-12(3)17-10-13(4)18-15-9-14(16)8-7-11(15)2/h7-9,12-13,17H,5-6,10H2,1-4H3. The molecule has 0 aromatic heterocycles. The van der Waals surface area contributed by atoms with Crippen LogP contribution >= 0.6 is 11.6 Å². The molecule has 2 nitrogen and oxygen atoms in total. The molecule has 0 aliphatic rings. The van der Waals surface area contributed by atoms with Gasteiger partial charge in [0.05, 0.1) is 0 Å². The van der Waals surface area contributed by atoms with E-state index < -0.39 is 0 Å². The van der Waals surface area contributed by atoms with Gasteiger partial charge in [-0.3, -0.25) is 0 Å². The number of ether oxygens (including phenoxy) is 1. The lowest BCUT2D eigenvalue weighted by atomic mass is 10.2. The normalized spacial score (nSPS) is 14.3. The van der Waals surface area contributed by atoms with Crippen molar-refractivity contribution in [2.75, 3.05) is 6.54 Å². The highest BCUT2D eigenvalue weighted by atomic mass is 35.5. The van der Waals surface area contributed by atoms with Crippen molar-refractivity contribution in [2.45, 2.75) is 52.7 Å². The van der Waals surface area contributed by atoms with Gasteiger partial charge in [0, 0.05) is 17.6 Å². The van der Waals surface area contributed by atoms with Gasteiger partial charge in [-0.05, 0) is 44.9 Å². The van der Waals surface area contributed by atoms with E-state index in [4.69, 9.17) is 16.3 Å². The average Bonchev–Trinajstić information content (AvgIpc) is 2.32. The summed E-state index contributed by atoms with van der Waals surface area (Å²) in [5, 5.41) is 4.20. The van der Waals surface area contributed by atoms with Crippen LogP contribution in [0.4, 0.5) is 0 Å². The van der Waals surface area contributed by atoms with Crippen molar-refractivity contribution in [1.29, 1.82) is 0 Å². The fraction of sp³-hybridized carbons (Fsp3) is 0.600. The molecular formula is C15H24ClNO. The molecule has 1 rings (SSSR count). The van der Waals surface area contributed by atoms with Gasteiger partial charge in [0.25, 0.3) is 0 Å². The van der Waals surface area contributed by atoms with Crippen LogP contribution < -0.4 is 10.1 Å². The van der Waals surface area contributed by atoms with Crippen molar-refractivity contribution in [3.63, 3.8) is 0 Å². The second kappa shape index (κ2) is 7.65. The van der Waals surface area contributed by atoms with Gasteiger partial charge in [0.15, 0.2) is 0 Å². The number of hydrogen-bond donors (Lipinski definition) is 1. The van der Waals surface area contributed by atoms with E-state index in [-0.39, 0.29) is 6.10 Å². The van der Waals surface area contributed by atoms with Gasteiger partial charge in [0.1, 0.15) is 11.9 Å². The third kappa shape index (κ3) is 5.28. The van der Waals surface area contributed by atoms with E-state index in [9.17, 15) is 0 Å². The summed E-state index contributed by atoms with van der Waals surface area (Å²) in [5.74, 6) is 0.875. The van der Waals surface area contributed by atoms with Gasteiger partial charge in [-0.1, -0.05) is 31.0 Å². The molecule has 1 aromatic carbocycles. The van der Waals surface area contributed by atoms with Crippen LogP contribution in [0.5, 0.6) is 5.75 Å². The molecule has 0 saturated carbocycles. The van der Waals surface area contributed by atoms with Crippen molar-refractivity contribution >= 4 is 11.6 Å². The zero-order valence-electron chi connectivity index (χ0n) is 11.8. The molecular weight excluding hydrogens is 246 g/mol. The molecule has 0 amide bonds. The summed E-state index contributed by atoms with van der Waals surface area (Å²) in [6.07, 6.45) is 2.54. The predicted octanol–water partition coefficient (Wildman–Crippen LogP) is 4.19. The van der Waals surface area contributed by atoms with Crippen molar-refractivity contribution < 1.29 is 4.74 Å². The maximum atomic E-state index is 5.97. The van der Waals surface area contributed by atoms with Crippen LogP contribution in [0.2, 0.25) is 5.02 Å². The average molecular weight is 270 g/mol. The Morgan fingerprint density at radius 1 is 1.33 bits per heavy atom. The van der Waals surface area contributed by atoms with E-state index in [0.29, 0.717) is 6.04 Å². The summed E-state index contributed by atoms with van der Waals surface area (Å²) < 4.78 is 5.91. The Kier molecular flexibility index (Phi) is 6.51. The van der Waals surface area contributed by atoms with Gasteiger partial charge in [-0.25, -0.2) is 0 Å². The molecule has 0 spiro atoms. The molecule has 2 unspecified atom stereocenters. The van der Waals surface area contributed by atoms with E-state index in [2.05, 4.69) is 26.1 Å². The smallest absolute Gasteiger partial charge is 0.124 e. The summed E-state index contributed by atoms with van der Waals surface area (Å²) in [7, 11) is 0. The summed E-state index contributed by atoms with van der Waals surface area (Å²) in [6.45, 7) is 9.37. The maximum Gasteiger partial charge on any atom is 0.124 e. The van der Waals surface area contributed by atoms with Crippen LogP contribution in [0, 0.1) is 6.92 Å². The van der Waals surface area contributed by atoms with Gasteiger partial charge < -0.3 is 10.1 Å². The third-order valence-electron chi connectivity index (χ3n) is 2.95. The van der Waals surface area contributed by atoms with Gasteiger partial charge in [-0.2, -0.15) is 0 Å². The van der Waals surface area contributed by atoms with E-state index in [1.54, 1.807) is 0 Å². The monoisotopic (exact) mass is 269 g/mol. The van der Waals surface area contributed by atoms with Crippen LogP contribution in [0.1, 0.15) is 39.2 Å². The van der Waals surface area contributed by atoms with E-state index >= 15 is 0 Å². The number of aryl methyl sites for hydroxylation is 1. The predicted molar refractivity (Wildman–Crippen MR) is 78.7 cm³/mol. The number of nitrogens with one attached hydrogen (secondary N) is 1. The second-order valence-electron chi connectivity index (χ2n) is 4.94. The summed E-state index contributed by atoms with van der Waals surface area (Å²) in [6, 6.07) is 6.29. The highest BCUT2D eigenvalue weighted by Crippen LogP contribution is 2.23. The Balaban J connectivity index is 2.44. The fourth-order valence-corrected chi connectivity index (χ4v) is 2.02. The first kappa shape index (κ1) is 15.3. The first-order chi connectivity index (χ1) is 8.52. The minimum absolute atomic E-state index is 0.140. The molecule has 1 aromatic rings. The highest BCUT2D eigenvalue weighted by molar-refractivity contribution is 6.30. The lowest BCUT2D eigenvalue weighted by Gasteiger charge is -2.20. The molecule has 0 heterocycles. The van der Waals surface area contributed by atoms with Gasteiger partial charge in [0.2, 0.25) is 0 Å². The maximum absolute atomic E-state index is 5.97. The number of benzene rings is 1. The quantitative estimate of drug-likeness (QED) is 0.801. The summed E-state index contributed by atoms with van der Waals surface area (Å²) in [5.41, 5.74) is 1.12. The Hall–Kier alpha value is -0.730. The lowest BCUT2D eigenvalue weighted by Crippen LogP contribution is -2.35. The fourth-order valence-electron chi connectivity index (χ4n) is 1.86. The van der Waals surface area contributed by atoms with E-state index in [1.165, 1.54) is 12.8 Å². The van der Waals surface area contributed by atoms with Crippen LogP contribution in [0.15, 0.2) is 18.2 Å². The van der Waals surface area contributed by atoms with Crippen LogP contribution in [0.3, 0.4) is 0 Å². The molecule has 0 bridgehead atoms. The van der Waals surface area contributed by atoms with Crippen LogP contribution in [0.25, 0.3) is 0 Å². The zero-order valence-corrected chi connectivity index (χ0v) is 12.6. The molecule has 0 fully saturated rings. The van der Waals surface area contributed by atoms with Crippen LogP contribution in [-0.2, 0) is 0 Å². The SMILES string of the molecule is CCCC(C)NCC(C)Oc1cc(Cl)ccc1C. The number of halogens is 1. The molecule has 0 saturated heterocycles. The summed E-state index contributed by atoms with van der Waals surface area (Å²) in [4.78, 5) is 0. The Morgan fingerprint density at radius 3 is 2.72 bits per heavy atom. The van der Waals surface area contributed by atoms with E-state index in [1.807, 2.05) is 25.1 Å². The molecule has 2 atom stereocenters. The molecule has 0 aliphatic carbocycles. The van der Waals surface area contributed by atoms with Gasteiger partial charge >= 0.3 is 0 Å². The first-order valence-electron chi connectivity index (χ1n) is 6.69. The van der Waals surface area contributed by atoms with Crippen molar-refractivity contribution in [3.8, 4) is 5.75 Å². The van der Waals surface area contributed by atoms with E-state index in [0.717, 1.165) is 22.9 Å². The third-order valence-corrected chi connectivity index (χ3v) is 3.19. The molecule has 0 aliphatic heterocycles. The second-order valence-corrected chi connectivity index (χ2v) is 5.37. The molecule has 102 valence electrons.